The van der Waals surface area contributed by atoms with Crippen LogP contribution in [-0.2, 0) is 4.79 Å². The van der Waals surface area contributed by atoms with Crippen molar-refractivity contribution in [3.8, 4) is 11.3 Å². The SMILES string of the molecule is C=C/C=C(\C)c1ccccn1.CCCCN(CC)C(=O)/C=C/c1ccc(-c2cc(C)ccn2)cc1. The molecule has 0 saturated heterocycles. The van der Waals surface area contributed by atoms with Gasteiger partial charge in [0, 0.05) is 37.1 Å². The highest BCUT2D eigenvalue weighted by Crippen LogP contribution is 2.19. The number of amides is 1. The number of aryl methyl sites for hydroxylation is 1. The maximum Gasteiger partial charge on any atom is 0.246 e. The Bertz CT molecular complexity index is 1120. The standard InChI is InChI=1S/C21H26N2O.C10H11N/c1-4-6-15-23(5-2)21(24)12-9-18-7-10-19(11-8-18)20-16-17(3)13-14-22-20;1-3-6-9(2)10-7-4-5-8-11-10/h7-14,16H,4-6,15H2,1-3H3;3-8H,1H2,2H3/b12-9+;9-6+. The molecule has 3 aromatic rings. The van der Waals surface area contributed by atoms with E-state index in [1.54, 1.807) is 18.3 Å². The number of benzene rings is 1. The zero-order valence-corrected chi connectivity index (χ0v) is 21.4. The molecule has 0 bridgehead atoms. The molecule has 35 heavy (non-hydrogen) atoms. The summed E-state index contributed by atoms with van der Waals surface area (Å²) in [6.45, 7) is 13.4. The third kappa shape index (κ3) is 9.54. The van der Waals surface area contributed by atoms with Crippen molar-refractivity contribution >= 4 is 17.6 Å². The van der Waals surface area contributed by atoms with Crippen LogP contribution in [0.2, 0.25) is 0 Å². The number of nitrogens with zero attached hydrogens (tertiary/aromatic N) is 3. The monoisotopic (exact) mass is 467 g/mol. The summed E-state index contributed by atoms with van der Waals surface area (Å²) in [7, 11) is 0. The van der Waals surface area contributed by atoms with E-state index in [0.717, 1.165) is 54.0 Å². The Hall–Kier alpha value is -3.79. The summed E-state index contributed by atoms with van der Waals surface area (Å²) in [4.78, 5) is 22.7. The number of carbonyl (C=O) groups is 1. The normalized spacial score (nSPS) is 11.0. The first-order valence-corrected chi connectivity index (χ1v) is 12.2. The van der Waals surface area contributed by atoms with Crippen LogP contribution >= 0.6 is 0 Å². The number of unbranched alkanes of at least 4 members (excludes halogenated alkanes) is 1. The molecule has 0 aliphatic rings. The molecule has 0 radical (unpaired) electrons. The molecule has 4 nitrogen and oxygen atoms in total. The van der Waals surface area contributed by atoms with Crippen LogP contribution in [0.3, 0.4) is 0 Å². The molecule has 0 N–H and O–H groups in total. The van der Waals surface area contributed by atoms with Gasteiger partial charge in [0.2, 0.25) is 5.91 Å². The Balaban J connectivity index is 0.000000328. The lowest BCUT2D eigenvalue weighted by molar-refractivity contribution is -0.125. The van der Waals surface area contributed by atoms with Gasteiger partial charge in [-0.3, -0.25) is 14.8 Å². The van der Waals surface area contributed by atoms with Crippen molar-refractivity contribution in [1.29, 1.82) is 0 Å². The minimum Gasteiger partial charge on any atom is -0.339 e. The van der Waals surface area contributed by atoms with Crippen LogP contribution in [0.25, 0.3) is 22.9 Å². The van der Waals surface area contributed by atoms with Crippen molar-refractivity contribution < 1.29 is 4.79 Å². The second-order valence-electron chi connectivity index (χ2n) is 8.25. The molecule has 0 aliphatic heterocycles. The van der Waals surface area contributed by atoms with E-state index >= 15 is 0 Å². The maximum absolute atomic E-state index is 12.2. The average molecular weight is 468 g/mol. The number of allylic oxidation sites excluding steroid dienone is 3. The van der Waals surface area contributed by atoms with Crippen molar-refractivity contribution in [2.75, 3.05) is 13.1 Å². The second-order valence-corrected chi connectivity index (χ2v) is 8.25. The molecule has 0 spiro atoms. The van der Waals surface area contributed by atoms with Gasteiger partial charge in [0.05, 0.1) is 11.4 Å². The van der Waals surface area contributed by atoms with Gasteiger partial charge in [-0.15, -0.1) is 0 Å². The lowest BCUT2D eigenvalue weighted by Crippen LogP contribution is -2.30. The minimum atomic E-state index is 0.0791. The van der Waals surface area contributed by atoms with E-state index in [2.05, 4.69) is 36.5 Å². The first-order chi connectivity index (χ1) is 17.0. The highest BCUT2D eigenvalue weighted by atomic mass is 16.2. The lowest BCUT2D eigenvalue weighted by atomic mass is 10.1. The van der Waals surface area contributed by atoms with E-state index in [-0.39, 0.29) is 5.91 Å². The van der Waals surface area contributed by atoms with Crippen molar-refractivity contribution in [2.24, 2.45) is 0 Å². The predicted octanol–water partition coefficient (Wildman–Crippen LogP) is 7.39. The largest absolute Gasteiger partial charge is 0.339 e. The lowest BCUT2D eigenvalue weighted by Gasteiger charge is -2.18. The van der Waals surface area contributed by atoms with Gasteiger partial charge >= 0.3 is 0 Å². The van der Waals surface area contributed by atoms with Gasteiger partial charge in [0.1, 0.15) is 0 Å². The van der Waals surface area contributed by atoms with Crippen LogP contribution in [0, 0.1) is 6.92 Å². The van der Waals surface area contributed by atoms with Crippen LogP contribution in [0.5, 0.6) is 0 Å². The predicted molar refractivity (Wildman–Crippen MR) is 149 cm³/mol. The summed E-state index contributed by atoms with van der Waals surface area (Å²) in [6.07, 6.45) is 13.0. The van der Waals surface area contributed by atoms with Crippen LogP contribution in [0.15, 0.2) is 91.8 Å². The van der Waals surface area contributed by atoms with Crippen LogP contribution in [-0.4, -0.2) is 33.9 Å². The summed E-state index contributed by atoms with van der Waals surface area (Å²) in [6, 6.07) is 18.0. The van der Waals surface area contributed by atoms with Crippen molar-refractivity contribution in [1.82, 2.24) is 14.9 Å². The van der Waals surface area contributed by atoms with E-state index in [4.69, 9.17) is 0 Å². The fourth-order valence-corrected chi connectivity index (χ4v) is 3.36. The second kappa shape index (κ2) is 15.2. The fraction of sp³-hybridized carbons (Fsp3) is 0.258. The van der Waals surface area contributed by atoms with Gasteiger partial charge in [-0.25, -0.2) is 0 Å². The molecule has 1 amide bonds. The van der Waals surface area contributed by atoms with Gasteiger partial charge in [0.25, 0.3) is 0 Å². The molecular formula is C31H37N3O. The van der Waals surface area contributed by atoms with Gasteiger partial charge in [-0.05, 0) is 74.2 Å². The van der Waals surface area contributed by atoms with Gasteiger partial charge in [-0.1, -0.05) is 62.4 Å². The summed E-state index contributed by atoms with van der Waals surface area (Å²) in [5, 5.41) is 0. The number of pyridine rings is 2. The molecule has 0 saturated carbocycles. The number of aromatic nitrogens is 2. The molecule has 0 unspecified atom stereocenters. The Kier molecular flexibility index (Phi) is 11.9. The smallest absolute Gasteiger partial charge is 0.246 e. The third-order valence-corrected chi connectivity index (χ3v) is 5.45. The molecule has 0 aliphatic carbocycles. The Morgan fingerprint density at radius 2 is 1.80 bits per heavy atom. The van der Waals surface area contributed by atoms with E-state index in [1.165, 1.54) is 5.56 Å². The molecule has 3 rings (SSSR count). The highest BCUT2D eigenvalue weighted by molar-refractivity contribution is 5.91. The first kappa shape index (κ1) is 27.5. The summed E-state index contributed by atoms with van der Waals surface area (Å²) in [5.74, 6) is 0.0791. The highest BCUT2D eigenvalue weighted by Gasteiger charge is 2.07. The summed E-state index contributed by atoms with van der Waals surface area (Å²) < 4.78 is 0. The minimum absolute atomic E-state index is 0.0791. The molecule has 4 heteroatoms. The molecule has 0 fully saturated rings. The summed E-state index contributed by atoms with van der Waals surface area (Å²) in [5.41, 5.74) is 6.42. The van der Waals surface area contributed by atoms with Gasteiger partial charge in [0.15, 0.2) is 0 Å². The van der Waals surface area contributed by atoms with Crippen molar-refractivity contribution in [3.05, 3.63) is 109 Å². The molecule has 1 aromatic carbocycles. The van der Waals surface area contributed by atoms with E-state index in [9.17, 15) is 4.79 Å². The number of carbonyl (C=O) groups excluding carboxylic acids is 1. The number of likely N-dealkylation sites (N-methyl/N-ethyl adjacent to an activating group) is 1. The zero-order chi connectivity index (χ0) is 25.5. The number of rotatable bonds is 9. The van der Waals surface area contributed by atoms with Crippen LogP contribution in [0.1, 0.15) is 50.4 Å². The Labute approximate surface area is 210 Å². The quantitative estimate of drug-likeness (QED) is 0.243. The van der Waals surface area contributed by atoms with Gasteiger partial charge in [-0.2, -0.15) is 0 Å². The van der Waals surface area contributed by atoms with E-state index < -0.39 is 0 Å². The Morgan fingerprint density at radius 3 is 2.40 bits per heavy atom. The summed E-state index contributed by atoms with van der Waals surface area (Å²) >= 11 is 0. The van der Waals surface area contributed by atoms with E-state index in [1.807, 2.05) is 85.6 Å². The molecule has 0 atom stereocenters. The number of hydrogen-bond donors (Lipinski definition) is 0. The molecule has 182 valence electrons. The number of hydrogen-bond acceptors (Lipinski definition) is 3. The third-order valence-electron chi connectivity index (χ3n) is 5.45. The molecule has 2 aromatic heterocycles. The van der Waals surface area contributed by atoms with Crippen LogP contribution in [0.4, 0.5) is 0 Å². The Morgan fingerprint density at radius 1 is 1.03 bits per heavy atom. The topological polar surface area (TPSA) is 46.1 Å². The van der Waals surface area contributed by atoms with Crippen molar-refractivity contribution in [2.45, 2.75) is 40.5 Å². The maximum atomic E-state index is 12.2. The average Bonchev–Trinajstić information content (AvgIpc) is 2.89. The molecular weight excluding hydrogens is 430 g/mol. The van der Waals surface area contributed by atoms with Crippen molar-refractivity contribution in [3.63, 3.8) is 0 Å². The first-order valence-electron chi connectivity index (χ1n) is 12.2. The van der Waals surface area contributed by atoms with E-state index in [0.29, 0.717) is 0 Å². The van der Waals surface area contributed by atoms with Crippen LogP contribution < -0.4 is 0 Å². The van der Waals surface area contributed by atoms with Gasteiger partial charge < -0.3 is 4.90 Å². The zero-order valence-electron chi connectivity index (χ0n) is 21.4. The fourth-order valence-electron chi connectivity index (χ4n) is 3.36. The molecule has 2 heterocycles.